The molecule has 0 amide bonds. The molecule has 0 fully saturated rings. The van der Waals surface area contributed by atoms with Crippen molar-refractivity contribution in [1.29, 1.82) is 0 Å². The fourth-order valence-corrected chi connectivity index (χ4v) is 2.14. The van der Waals surface area contributed by atoms with E-state index in [2.05, 4.69) is 0 Å². The summed E-state index contributed by atoms with van der Waals surface area (Å²) in [4.78, 5) is -0.0236. The Bertz CT molecular complexity index is 748. The van der Waals surface area contributed by atoms with E-state index in [0.717, 1.165) is 12.1 Å². The fourth-order valence-electron chi connectivity index (χ4n) is 1.63. The zero-order valence-corrected chi connectivity index (χ0v) is 12.1. The third-order valence-corrected chi connectivity index (χ3v) is 3.59. The molecular weight excluding hydrogens is 316 g/mol. The number of rotatable bonds is 6. The minimum atomic E-state index is -3.74. The molecule has 0 bridgehead atoms. The van der Waals surface area contributed by atoms with Crippen LogP contribution < -0.4 is 14.6 Å². The molecule has 0 aromatic heterocycles. The zero-order chi connectivity index (χ0) is 16.2. The van der Waals surface area contributed by atoms with Gasteiger partial charge in [-0.25, -0.2) is 22.3 Å². The van der Waals surface area contributed by atoms with E-state index in [-0.39, 0.29) is 23.9 Å². The molecular formula is C14H13F2NO4S. The highest BCUT2D eigenvalue weighted by Gasteiger charge is 2.07. The molecule has 2 aromatic carbocycles. The zero-order valence-electron chi connectivity index (χ0n) is 11.3. The second-order valence-corrected chi connectivity index (χ2v) is 5.85. The Balaban J connectivity index is 1.84. The number of nitrogens with two attached hydrogens (primary N) is 1. The number of hydrogen-bond acceptors (Lipinski definition) is 4. The van der Waals surface area contributed by atoms with Crippen molar-refractivity contribution < 1.29 is 26.7 Å². The number of benzene rings is 2. The summed E-state index contributed by atoms with van der Waals surface area (Å²) in [5.41, 5.74) is 0. The van der Waals surface area contributed by atoms with E-state index in [1.54, 1.807) is 0 Å². The standard InChI is InChI=1S/C14H13F2NO4S/c15-10-1-6-14(13(16)9-10)21-8-7-20-11-2-4-12(5-3-11)22(17,18)19/h1-6,9H,7-8H2,(H2,17,18,19). The first-order valence-corrected chi connectivity index (χ1v) is 7.74. The summed E-state index contributed by atoms with van der Waals surface area (Å²) in [6, 6.07) is 8.51. The Morgan fingerprint density at radius 3 is 2.18 bits per heavy atom. The van der Waals surface area contributed by atoms with Gasteiger partial charge in [0.15, 0.2) is 11.6 Å². The second kappa shape index (κ2) is 6.71. The average Bonchev–Trinajstić information content (AvgIpc) is 2.45. The molecule has 22 heavy (non-hydrogen) atoms. The minimum Gasteiger partial charge on any atom is -0.490 e. The van der Waals surface area contributed by atoms with Crippen LogP contribution in [0.2, 0.25) is 0 Å². The predicted octanol–water partition coefficient (Wildman–Crippen LogP) is 2.07. The molecule has 2 rings (SSSR count). The van der Waals surface area contributed by atoms with Gasteiger partial charge in [0.25, 0.3) is 0 Å². The number of primary sulfonamides is 1. The first-order valence-electron chi connectivity index (χ1n) is 6.20. The van der Waals surface area contributed by atoms with Crippen molar-refractivity contribution in [3.05, 3.63) is 54.1 Å². The summed E-state index contributed by atoms with van der Waals surface area (Å²) in [6.07, 6.45) is 0. The van der Waals surface area contributed by atoms with Crippen molar-refractivity contribution in [2.24, 2.45) is 5.14 Å². The number of hydrogen-bond donors (Lipinski definition) is 1. The lowest BCUT2D eigenvalue weighted by Gasteiger charge is -2.09. The van der Waals surface area contributed by atoms with E-state index < -0.39 is 21.7 Å². The SMILES string of the molecule is NS(=O)(=O)c1ccc(OCCOc2ccc(F)cc2F)cc1. The van der Waals surface area contributed by atoms with E-state index in [1.165, 1.54) is 30.3 Å². The number of halogens is 2. The van der Waals surface area contributed by atoms with Crippen LogP contribution in [0.15, 0.2) is 47.4 Å². The van der Waals surface area contributed by atoms with Gasteiger partial charge in [-0.05, 0) is 36.4 Å². The number of ether oxygens (including phenoxy) is 2. The normalized spacial score (nSPS) is 11.2. The lowest BCUT2D eigenvalue weighted by molar-refractivity contribution is 0.211. The molecule has 0 radical (unpaired) electrons. The first-order chi connectivity index (χ1) is 10.4. The van der Waals surface area contributed by atoms with Crippen molar-refractivity contribution in [1.82, 2.24) is 0 Å². The van der Waals surface area contributed by atoms with E-state index >= 15 is 0 Å². The van der Waals surface area contributed by atoms with Crippen LogP contribution in [0.5, 0.6) is 11.5 Å². The first kappa shape index (κ1) is 16.2. The maximum absolute atomic E-state index is 13.3. The Morgan fingerprint density at radius 1 is 0.955 bits per heavy atom. The van der Waals surface area contributed by atoms with Gasteiger partial charge in [0.05, 0.1) is 4.90 Å². The van der Waals surface area contributed by atoms with Crippen LogP contribution in [-0.4, -0.2) is 21.6 Å². The number of sulfonamides is 1. The van der Waals surface area contributed by atoms with Gasteiger partial charge in [-0.1, -0.05) is 0 Å². The molecule has 8 heteroatoms. The van der Waals surface area contributed by atoms with Gasteiger partial charge in [-0.2, -0.15) is 0 Å². The Morgan fingerprint density at radius 2 is 1.59 bits per heavy atom. The molecule has 0 aliphatic heterocycles. The summed E-state index contributed by atoms with van der Waals surface area (Å²) < 4.78 is 58.5. The predicted molar refractivity (Wildman–Crippen MR) is 75.2 cm³/mol. The molecule has 0 aliphatic rings. The fraction of sp³-hybridized carbons (Fsp3) is 0.143. The lowest BCUT2D eigenvalue weighted by Crippen LogP contribution is -2.12. The quantitative estimate of drug-likeness (QED) is 0.823. The van der Waals surface area contributed by atoms with Gasteiger partial charge >= 0.3 is 0 Å². The molecule has 0 unspecified atom stereocenters. The summed E-state index contributed by atoms with van der Waals surface area (Å²) in [5.74, 6) is -1.14. The van der Waals surface area contributed by atoms with Gasteiger partial charge in [0.2, 0.25) is 10.0 Å². The Hall–Kier alpha value is -2.19. The average molecular weight is 329 g/mol. The van der Waals surface area contributed by atoms with Crippen LogP contribution in [0.25, 0.3) is 0 Å². The summed E-state index contributed by atoms with van der Waals surface area (Å²) in [6.45, 7) is 0.144. The molecule has 0 spiro atoms. The Labute approximate surface area is 126 Å². The summed E-state index contributed by atoms with van der Waals surface area (Å²) >= 11 is 0. The third-order valence-electron chi connectivity index (χ3n) is 2.66. The van der Waals surface area contributed by atoms with Gasteiger partial charge in [0, 0.05) is 6.07 Å². The molecule has 5 nitrogen and oxygen atoms in total. The highest BCUT2D eigenvalue weighted by atomic mass is 32.2. The van der Waals surface area contributed by atoms with Crippen LogP contribution in [0.4, 0.5) is 8.78 Å². The van der Waals surface area contributed by atoms with Crippen LogP contribution >= 0.6 is 0 Å². The smallest absolute Gasteiger partial charge is 0.238 e. The van der Waals surface area contributed by atoms with Crippen molar-refractivity contribution in [3.63, 3.8) is 0 Å². The highest BCUT2D eigenvalue weighted by molar-refractivity contribution is 7.89. The molecule has 2 aromatic rings. The van der Waals surface area contributed by atoms with Gasteiger partial charge in [0.1, 0.15) is 24.8 Å². The molecule has 2 N–H and O–H groups in total. The van der Waals surface area contributed by atoms with Crippen LogP contribution in [-0.2, 0) is 10.0 Å². The van der Waals surface area contributed by atoms with Crippen LogP contribution in [0, 0.1) is 11.6 Å². The monoisotopic (exact) mass is 329 g/mol. The molecule has 0 aliphatic carbocycles. The van der Waals surface area contributed by atoms with Crippen molar-refractivity contribution in [3.8, 4) is 11.5 Å². The lowest BCUT2D eigenvalue weighted by atomic mass is 10.3. The third kappa shape index (κ3) is 4.40. The van der Waals surface area contributed by atoms with E-state index in [4.69, 9.17) is 14.6 Å². The maximum Gasteiger partial charge on any atom is 0.238 e. The highest BCUT2D eigenvalue weighted by Crippen LogP contribution is 2.18. The van der Waals surface area contributed by atoms with E-state index in [1.807, 2.05) is 0 Å². The topological polar surface area (TPSA) is 78.6 Å². The van der Waals surface area contributed by atoms with Gasteiger partial charge in [-0.15, -0.1) is 0 Å². The van der Waals surface area contributed by atoms with E-state index in [9.17, 15) is 17.2 Å². The second-order valence-electron chi connectivity index (χ2n) is 4.29. The van der Waals surface area contributed by atoms with Gasteiger partial charge in [-0.3, -0.25) is 0 Å². The van der Waals surface area contributed by atoms with Crippen LogP contribution in [0.3, 0.4) is 0 Å². The minimum absolute atomic E-state index is 0.0236. The molecule has 118 valence electrons. The summed E-state index contributed by atoms with van der Waals surface area (Å²) in [5, 5.41) is 4.97. The maximum atomic E-state index is 13.3. The summed E-state index contributed by atoms with van der Waals surface area (Å²) in [7, 11) is -3.74. The van der Waals surface area contributed by atoms with Crippen molar-refractivity contribution in [2.45, 2.75) is 4.90 Å². The largest absolute Gasteiger partial charge is 0.490 e. The van der Waals surface area contributed by atoms with Crippen molar-refractivity contribution >= 4 is 10.0 Å². The van der Waals surface area contributed by atoms with Crippen molar-refractivity contribution in [2.75, 3.05) is 13.2 Å². The van der Waals surface area contributed by atoms with Crippen LogP contribution in [0.1, 0.15) is 0 Å². The molecule has 0 heterocycles. The molecule has 0 atom stereocenters. The Kier molecular flexibility index (Phi) is 4.94. The molecule has 0 saturated carbocycles. The van der Waals surface area contributed by atoms with E-state index in [0.29, 0.717) is 5.75 Å². The van der Waals surface area contributed by atoms with Gasteiger partial charge < -0.3 is 9.47 Å². The molecule has 0 saturated heterocycles.